The minimum absolute atomic E-state index is 0.0773. The quantitative estimate of drug-likeness (QED) is 0.746. The van der Waals surface area contributed by atoms with Crippen LogP contribution in [0.2, 0.25) is 0 Å². The average Bonchev–Trinajstić information content (AvgIpc) is 2.30. The highest BCUT2D eigenvalue weighted by Crippen LogP contribution is 2.30. The van der Waals surface area contributed by atoms with Crippen LogP contribution in [0.1, 0.15) is 19.8 Å². The number of piperidine rings is 1. The van der Waals surface area contributed by atoms with E-state index >= 15 is 0 Å². The fourth-order valence-corrected chi connectivity index (χ4v) is 2.10. The van der Waals surface area contributed by atoms with E-state index in [0.29, 0.717) is 32.5 Å². The molecule has 0 aliphatic carbocycles. The monoisotopic (exact) mass is 260 g/mol. The number of nitrogens with zero attached hydrogens (tertiary/aromatic N) is 1. The smallest absolute Gasteiger partial charge is 0.317 e. The van der Waals surface area contributed by atoms with Gasteiger partial charge in [-0.15, -0.1) is 0 Å². The Bertz CT molecular complexity index is 288. The van der Waals surface area contributed by atoms with Crippen molar-refractivity contribution in [2.45, 2.75) is 19.8 Å². The summed E-state index contributed by atoms with van der Waals surface area (Å²) < 4.78 is 0. The minimum atomic E-state index is -0.764. The molecule has 2 amide bonds. The van der Waals surface area contributed by atoms with Gasteiger partial charge in [0.1, 0.15) is 0 Å². The van der Waals surface area contributed by atoms with Crippen LogP contribution in [0.15, 0.2) is 0 Å². The molecule has 17 heavy (non-hydrogen) atoms. The molecule has 1 aliphatic rings. The molecule has 0 aromatic rings. The fraction of sp³-hybridized carbons (Fsp3) is 0.818. The molecule has 1 heterocycles. The van der Waals surface area contributed by atoms with Gasteiger partial charge in [0.05, 0.1) is 5.41 Å². The largest absolute Gasteiger partial charge is 0.481 e. The number of carboxylic acid groups (broad SMARTS) is 1. The van der Waals surface area contributed by atoms with Gasteiger partial charge in [0.15, 0.2) is 0 Å². The Balaban J connectivity index is 2.36. The molecule has 1 aliphatic heterocycles. The van der Waals surface area contributed by atoms with Crippen LogP contribution >= 0.6 is 11.8 Å². The van der Waals surface area contributed by atoms with Gasteiger partial charge in [-0.05, 0) is 26.0 Å². The first kappa shape index (κ1) is 14.2. The first-order valence-electron chi connectivity index (χ1n) is 5.75. The highest BCUT2D eigenvalue weighted by molar-refractivity contribution is 7.98. The van der Waals surface area contributed by atoms with Gasteiger partial charge in [0.2, 0.25) is 0 Å². The third-order valence-corrected chi connectivity index (χ3v) is 3.87. The maximum absolute atomic E-state index is 11.7. The number of urea groups is 1. The zero-order valence-corrected chi connectivity index (χ0v) is 11.2. The Kier molecular flexibility index (Phi) is 5.11. The summed E-state index contributed by atoms with van der Waals surface area (Å²) in [5, 5.41) is 11.9. The second-order valence-corrected chi connectivity index (χ2v) is 5.56. The number of aliphatic carboxylic acids is 1. The number of amides is 2. The van der Waals surface area contributed by atoms with Crippen LogP contribution in [-0.2, 0) is 4.79 Å². The average molecular weight is 260 g/mol. The second kappa shape index (κ2) is 6.14. The van der Waals surface area contributed by atoms with E-state index in [1.165, 1.54) is 0 Å². The first-order chi connectivity index (χ1) is 7.99. The van der Waals surface area contributed by atoms with Crippen molar-refractivity contribution in [1.82, 2.24) is 10.2 Å². The SMILES string of the molecule is CSCCNC(=O)N1CCC(C)(C(=O)O)CC1. The second-order valence-electron chi connectivity index (χ2n) is 4.58. The fourth-order valence-electron chi connectivity index (χ4n) is 1.79. The molecule has 1 saturated heterocycles. The number of hydrogen-bond acceptors (Lipinski definition) is 3. The van der Waals surface area contributed by atoms with Crippen LogP contribution in [0.25, 0.3) is 0 Å². The van der Waals surface area contributed by atoms with Crippen molar-refractivity contribution < 1.29 is 14.7 Å². The molecule has 0 atom stereocenters. The van der Waals surface area contributed by atoms with Crippen molar-refractivity contribution in [2.75, 3.05) is 31.6 Å². The van der Waals surface area contributed by atoms with E-state index in [0.717, 1.165) is 5.75 Å². The molecule has 5 nitrogen and oxygen atoms in total. The molecule has 6 heteroatoms. The Morgan fingerprint density at radius 2 is 2.00 bits per heavy atom. The third-order valence-electron chi connectivity index (χ3n) is 3.25. The van der Waals surface area contributed by atoms with E-state index in [2.05, 4.69) is 5.32 Å². The van der Waals surface area contributed by atoms with E-state index in [9.17, 15) is 9.59 Å². The summed E-state index contributed by atoms with van der Waals surface area (Å²) in [5.74, 6) is 0.131. The number of thioether (sulfide) groups is 1. The summed E-state index contributed by atoms with van der Waals surface area (Å²) in [7, 11) is 0. The highest BCUT2D eigenvalue weighted by Gasteiger charge is 2.37. The van der Waals surface area contributed by atoms with Crippen LogP contribution in [0.5, 0.6) is 0 Å². The Morgan fingerprint density at radius 3 is 2.47 bits per heavy atom. The lowest BCUT2D eigenvalue weighted by atomic mass is 9.80. The van der Waals surface area contributed by atoms with Crippen molar-refractivity contribution in [3.63, 3.8) is 0 Å². The molecule has 0 bridgehead atoms. The molecule has 2 N–H and O–H groups in total. The summed E-state index contributed by atoms with van der Waals surface area (Å²) in [6, 6.07) is -0.0773. The number of carbonyl (C=O) groups excluding carboxylic acids is 1. The van der Waals surface area contributed by atoms with E-state index in [-0.39, 0.29) is 6.03 Å². The van der Waals surface area contributed by atoms with Crippen LogP contribution in [0, 0.1) is 5.41 Å². The van der Waals surface area contributed by atoms with Crippen molar-refractivity contribution in [1.29, 1.82) is 0 Å². The first-order valence-corrected chi connectivity index (χ1v) is 7.14. The molecular formula is C11H20N2O3S. The number of nitrogens with one attached hydrogen (secondary N) is 1. The van der Waals surface area contributed by atoms with Crippen molar-refractivity contribution >= 4 is 23.8 Å². The number of rotatable bonds is 4. The molecule has 0 aromatic heterocycles. The molecular weight excluding hydrogens is 240 g/mol. The van der Waals surface area contributed by atoms with Gasteiger partial charge < -0.3 is 15.3 Å². The van der Waals surface area contributed by atoms with Crippen LogP contribution < -0.4 is 5.32 Å². The van der Waals surface area contributed by atoms with Gasteiger partial charge in [-0.2, -0.15) is 11.8 Å². The van der Waals surface area contributed by atoms with Gasteiger partial charge >= 0.3 is 12.0 Å². The molecule has 1 fully saturated rings. The number of likely N-dealkylation sites (tertiary alicyclic amines) is 1. The zero-order chi connectivity index (χ0) is 12.9. The van der Waals surface area contributed by atoms with E-state index in [1.54, 1.807) is 23.6 Å². The summed E-state index contributed by atoms with van der Waals surface area (Å²) in [5.41, 5.74) is -0.671. The van der Waals surface area contributed by atoms with Gasteiger partial charge in [-0.3, -0.25) is 4.79 Å². The topological polar surface area (TPSA) is 69.6 Å². The van der Waals surface area contributed by atoms with Crippen LogP contribution in [-0.4, -0.2) is 53.6 Å². The lowest BCUT2D eigenvalue weighted by Gasteiger charge is -2.36. The maximum Gasteiger partial charge on any atom is 0.317 e. The van der Waals surface area contributed by atoms with E-state index in [4.69, 9.17) is 5.11 Å². The van der Waals surface area contributed by atoms with Gasteiger partial charge in [0, 0.05) is 25.4 Å². The van der Waals surface area contributed by atoms with Crippen molar-refractivity contribution in [2.24, 2.45) is 5.41 Å². The molecule has 0 aromatic carbocycles. The predicted molar refractivity (Wildman–Crippen MR) is 68.3 cm³/mol. The Labute approximate surface area is 106 Å². The van der Waals surface area contributed by atoms with Crippen LogP contribution in [0.3, 0.4) is 0 Å². The summed E-state index contributed by atoms with van der Waals surface area (Å²) in [6.07, 6.45) is 3.04. The lowest BCUT2D eigenvalue weighted by Crippen LogP contribution is -2.49. The molecule has 98 valence electrons. The Morgan fingerprint density at radius 1 is 1.41 bits per heavy atom. The van der Waals surface area contributed by atoms with Gasteiger partial charge in [-0.25, -0.2) is 4.79 Å². The number of carbonyl (C=O) groups is 2. The minimum Gasteiger partial charge on any atom is -0.481 e. The third kappa shape index (κ3) is 3.80. The summed E-state index contributed by atoms with van der Waals surface area (Å²) >= 11 is 1.68. The predicted octanol–water partition coefficient (Wildman–Crippen LogP) is 1.25. The summed E-state index contributed by atoms with van der Waals surface area (Å²) in [4.78, 5) is 24.5. The maximum atomic E-state index is 11.7. The number of carboxylic acids is 1. The van der Waals surface area contributed by atoms with Crippen molar-refractivity contribution in [3.8, 4) is 0 Å². The van der Waals surface area contributed by atoms with Crippen molar-refractivity contribution in [3.05, 3.63) is 0 Å². The van der Waals surface area contributed by atoms with Crippen LogP contribution in [0.4, 0.5) is 4.79 Å². The molecule has 1 rings (SSSR count). The van der Waals surface area contributed by atoms with Gasteiger partial charge in [-0.1, -0.05) is 0 Å². The van der Waals surface area contributed by atoms with E-state index < -0.39 is 11.4 Å². The molecule has 0 unspecified atom stereocenters. The zero-order valence-electron chi connectivity index (χ0n) is 10.4. The molecule has 0 radical (unpaired) electrons. The van der Waals surface area contributed by atoms with E-state index in [1.807, 2.05) is 6.26 Å². The standard InChI is InChI=1S/C11H20N2O3S/c1-11(9(14)15)3-6-13(7-4-11)10(16)12-5-8-17-2/h3-8H2,1-2H3,(H,12,16)(H,14,15). The molecule has 0 spiro atoms. The number of hydrogen-bond donors (Lipinski definition) is 2. The highest BCUT2D eigenvalue weighted by atomic mass is 32.2. The van der Waals surface area contributed by atoms with Gasteiger partial charge in [0.25, 0.3) is 0 Å². The Hall–Kier alpha value is -0.910. The summed E-state index contributed by atoms with van der Waals surface area (Å²) in [6.45, 7) is 3.45. The lowest BCUT2D eigenvalue weighted by molar-refractivity contribution is -0.150. The molecule has 0 saturated carbocycles. The normalized spacial score (nSPS) is 18.8.